The van der Waals surface area contributed by atoms with Crippen molar-refractivity contribution in [1.29, 1.82) is 0 Å². The molecule has 1 aliphatic heterocycles. The fourth-order valence-electron chi connectivity index (χ4n) is 4.22. The van der Waals surface area contributed by atoms with Crippen LogP contribution in [0.15, 0.2) is 28.7 Å². The largest absolute Gasteiger partial charge is 0.480 e. The van der Waals surface area contributed by atoms with E-state index in [9.17, 15) is 9.90 Å². The van der Waals surface area contributed by atoms with E-state index in [2.05, 4.69) is 39.9 Å². The molecule has 4 heteroatoms. The quantitative estimate of drug-likeness (QED) is 0.885. The van der Waals surface area contributed by atoms with E-state index in [1.807, 2.05) is 12.1 Å². The summed E-state index contributed by atoms with van der Waals surface area (Å²) in [6.07, 6.45) is 5.64. The topological polar surface area (TPSA) is 40.5 Å². The molecule has 1 saturated carbocycles. The Hall–Kier alpha value is -0.870. The molecule has 4 unspecified atom stereocenters. The molecule has 3 nitrogen and oxygen atoms in total. The summed E-state index contributed by atoms with van der Waals surface area (Å²) in [5.74, 6) is -0.0966. The molecule has 1 heterocycles. The smallest absolute Gasteiger partial charge is 0.320 e. The van der Waals surface area contributed by atoms with E-state index < -0.39 is 5.97 Å². The molecule has 1 N–H and O–H groups in total. The van der Waals surface area contributed by atoms with Crippen molar-refractivity contribution < 1.29 is 9.90 Å². The van der Waals surface area contributed by atoms with Crippen LogP contribution in [0.25, 0.3) is 0 Å². The number of aliphatic carboxylic acids is 1. The SMILES string of the molecule is CC(c1cccc(Br)c1)N1C(C(=O)O)CC2CCCCC21. The van der Waals surface area contributed by atoms with Gasteiger partial charge in [-0.15, -0.1) is 0 Å². The number of rotatable bonds is 3. The van der Waals surface area contributed by atoms with Gasteiger partial charge in [-0.1, -0.05) is 40.9 Å². The lowest BCUT2D eigenvalue weighted by Gasteiger charge is -2.37. The average Bonchev–Trinajstić information content (AvgIpc) is 2.86. The number of carboxylic acid groups (broad SMARTS) is 1. The lowest BCUT2D eigenvalue weighted by molar-refractivity contribution is -0.143. The van der Waals surface area contributed by atoms with Crippen LogP contribution >= 0.6 is 15.9 Å². The molecule has 3 rings (SSSR count). The molecule has 0 amide bonds. The highest BCUT2D eigenvalue weighted by atomic mass is 79.9. The van der Waals surface area contributed by atoms with Crippen molar-refractivity contribution in [2.24, 2.45) is 5.92 Å². The summed E-state index contributed by atoms with van der Waals surface area (Å²) in [6.45, 7) is 2.15. The van der Waals surface area contributed by atoms with E-state index in [-0.39, 0.29) is 12.1 Å². The first-order valence-electron chi connectivity index (χ1n) is 7.83. The molecule has 2 aliphatic rings. The van der Waals surface area contributed by atoms with Crippen molar-refractivity contribution in [1.82, 2.24) is 4.90 Å². The third kappa shape index (κ3) is 2.88. The molecule has 1 saturated heterocycles. The van der Waals surface area contributed by atoms with Crippen LogP contribution in [0, 0.1) is 5.92 Å². The van der Waals surface area contributed by atoms with E-state index in [4.69, 9.17) is 0 Å². The molecule has 1 aliphatic carbocycles. The van der Waals surface area contributed by atoms with Crippen LogP contribution in [-0.4, -0.2) is 28.1 Å². The van der Waals surface area contributed by atoms with Crippen molar-refractivity contribution in [3.63, 3.8) is 0 Å². The number of hydrogen-bond acceptors (Lipinski definition) is 2. The molecule has 1 aromatic rings. The van der Waals surface area contributed by atoms with Crippen molar-refractivity contribution in [3.8, 4) is 0 Å². The van der Waals surface area contributed by atoms with Gasteiger partial charge in [-0.25, -0.2) is 0 Å². The second kappa shape index (κ2) is 6.09. The predicted octanol–water partition coefficient (Wildman–Crippen LogP) is 4.23. The molecule has 0 aromatic heterocycles. The van der Waals surface area contributed by atoms with Crippen LogP contribution in [-0.2, 0) is 4.79 Å². The summed E-state index contributed by atoms with van der Waals surface area (Å²) in [5, 5.41) is 9.63. The van der Waals surface area contributed by atoms with E-state index >= 15 is 0 Å². The van der Waals surface area contributed by atoms with Crippen molar-refractivity contribution in [2.45, 2.75) is 57.2 Å². The second-order valence-electron chi connectivity index (χ2n) is 6.38. The Labute approximate surface area is 134 Å². The van der Waals surface area contributed by atoms with Crippen LogP contribution in [0.2, 0.25) is 0 Å². The first-order valence-corrected chi connectivity index (χ1v) is 8.63. The molecular formula is C17H22BrNO2. The lowest BCUT2D eigenvalue weighted by Crippen LogP contribution is -2.43. The second-order valence-corrected chi connectivity index (χ2v) is 7.30. The Morgan fingerprint density at radius 1 is 1.38 bits per heavy atom. The van der Waals surface area contributed by atoms with E-state index in [1.165, 1.54) is 24.8 Å². The number of carboxylic acids is 1. The number of benzene rings is 1. The van der Waals surface area contributed by atoms with Gasteiger partial charge in [0.1, 0.15) is 6.04 Å². The molecule has 114 valence electrons. The zero-order valence-corrected chi connectivity index (χ0v) is 13.9. The zero-order chi connectivity index (χ0) is 15.0. The van der Waals surface area contributed by atoms with Gasteiger partial charge >= 0.3 is 5.97 Å². The van der Waals surface area contributed by atoms with Gasteiger partial charge in [-0.05, 0) is 49.8 Å². The molecule has 0 spiro atoms. The van der Waals surface area contributed by atoms with Crippen LogP contribution in [0.5, 0.6) is 0 Å². The maximum Gasteiger partial charge on any atom is 0.320 e. The number of nitrogens with zero attached hydrogens (tertiary/aromatic N) is 1. The van der Waals surface area contributed by atoms with Crippen LogP contribution in [0.4, 0.5) is 0 Å². The molecule has 21 heavy (non-hydrogen) atoms. The Balaban J connectivity index is 1.90. The summed E-state index contributed by atoms with van der Waals surface area (Å²) >= 11 is 3.52. The van der Waals surface area contributed by atoms with Crippen molar-refractivity contribution in [3.05, 3.63) is 34.3 Å². The maximum absolute atomic E-state index is 11.7. The highest BCUT2D eigenvalue weighted by Gasteiger charge is 2.47. The summed E-state index contributed by atoms with van der Waals surface area (Å²) in [6, 6.07) is 8.51. The van der Waals surface area contributed by atoms with Crippen molar-refractivity contribution in [2.75, 3.05) is 0 Å². The van der Waals surface area contributed by atoms with Crippen LogP contribution in [0.1, 0.15) is 50.6 Å². The fourth-order valence-corrected chi connectivity index (χ4v) is 4.64. The number of halogens is 1. The number of likely N-dealkylation sites (tertiary alicyclic amines) is 1. The van der Waals surface area contributed by atoms with Gasteiger partial charge in [0.15, 0.2) is 0 Å². The molecule has 1 aromatic carbocycles. The van der Waals surface area contributed by atoms with Gasteiger partial charge < -0.3 is 5.11 Å². The molecule has 2 fully saturated rings. The first-order chi connectivity index (χ1) is 10.1. The monoisotopic (exact) mass is 351 g/mol. The van der Waals surface area contributed by atoms with Gasteiger partial charge in [0.25, 0.3) is 0 Å². The minimum Gasteiger partial charge on any atom is -0.480 e. The molecular weight excluding hydrogens is 330 g/mol. The van der Waals surface area contributed by atoms with E-state index in [1.54, 1.807) is 0 Å². The maximum atomic E-state index is 11.7. The fraction of sp³-hybridized carbons (Fsp3) is 0.588. The number of fused-ring (bicyclic) bond motifs is 1. The zero-order valence-electron chi connectivity index (χ0n) is 12.3. The van der Waals surface area contributed by atoms with Crippen molar-refractivity contribution >= 4 is 21.9 Å². The number of carbonyl (C=O) groups is 1. The van der Waals surface area contributed by atoms with Gasteiger partial charge in [0.05, 0.1) is 0 Å². The third-order valence-corrected chi connectivity index (χ3v) is 5.69. The highest BCUT2D eigenvalue weighted by Crippen LogP contribution is 2.44. The van der Waals surface area contributed by atoms with E-state index in [0.717, 1.165) is 17.3 Å². The average molecular weight is 352 g/mol. The van der Waals surface area contributed by atoms with Gasteiger partial charge in [-0.3, -0.25) is 9.69 Å². The normalized spacial score (nSPS) is 30.9. The van der Waals surface area contributed by atoms with Crippen LogP contribution < -0.4 is 0 Å². The van der Waals surface area contributed by atoms with Gasteiger partial charge in [-0.2, -0.15) is 0 Å². The lowest BCUT2D eigenvalue weighted by atomic mass is 9.84. The van der Waals surface area contributed by atoms with Gasteiger partial charge in [0, 0.05) is 16.6 Å². The molecule has 0 bridgehead atoms. The Kier molecular flexibility index (Phi) is 4.36. The van der Waals surface area contributed by atoms with E-state index in [0.29, 0.717) is 12.0 Å². The summed E-state index contributed by atoms with van der Waals surface area (Å²) in [5.41, 5.74) is 1.20. The van der Waals surface area contributed by atoms with Gasteiger partial charge in [0.2, 0.25) is 0 Å². The summed E-state index contributed by atoms with van der Waals surface area (Å²) in [7, 11) is 0. The minimum absolute atomic E-state index is 0.150. The third-order valence-electron chi connectivity index (χ3n) is 5.20. The Bertz CT molecular complexity index is 533. The molecule has 0 radical (unpaired) electrons. The Morgan fingerprint density at radius 2 is 2.14 bits per heavy atom. The minimum atomic E-state index is -0.661. The number of hydrogen-bond donors (Lipinski definition) is 1. The standard InChI is InChI=1S/C17H22BrNO2/c1-11(12-6-4-7-14(18)9-12)19-15-8-3-2-5-13(15)10-16(19)17(20)21/h4,6-7,9,11,13,15-16H,2-3,5,8,10H2,1H3,(H,20,21). The van der Waals surface area contributed by atoms with Crippen LogP contribution in [0.3, 0.4) is 0 Å². The predicted molar refractivity (Wildman–Crippen MR) is 86.2 cm³/mol. The molecule has 4 atom stereocenters. The Morgan fingerprint density at radius 3 is 2.86 bits per heavy atom. The summed E-state index contributed by atoms with van der Waals surface area (Å²) in [4.78, 5) is 14.0. The first kappa shape index (κ1) is 15.0. The summed E-state index contributed by atoms with van der Waals surface area (Å²) < 4.78 is 1.05. The highest BCUT2D eigenvalue weighted by molar-refractivity contribution is 9.10.